The van der Waals surface area contributed by atoms with E-state index >= 15 is 0 Å². The van der Waals surface area contributed by atoms with Crippen LogP contribution in [0.4, 0.5) is 5.82 Å². The van der Waals surface area contributed by atoms with E-state index in [2.05, 4.69) is 10.3 Å². The van der Waals surface area contributed by atoms with Crippen molar-refractivity contribution in [2.24, 2.45) is 5.41 Å². The second-order valence-corrected chi connectivity index (χ2v) is 5.37. The molecule has 0 atom stereocenters. The first-order chi connectivity index (χ1) is 7.80. The molecule has 0 aliphatic heterocycles. The molecule has 1 rings (SSSR count). The van der Waals surface area contributed by atoms with Gasteiger partial charge in [-0.1, -0.05) is 32.4 Å². The Morgan fingerprint density at radius 2 is 2.00 bits per heavy atom. The van der Waals surface area contributed by atoms with Crippen molar-refractivity contribution in [1.29, 1.82) is 0 Å². The van der Waals surface area contributed by atoms with Crippen LogP contribution in [0, 0.1) is 5.41 Å². The summed E-state index contributed by atoms with van der Waals surface area (Å²) in [5, 5.41) is 2.86. The normalized spacial score (nSPS) is 10.9. The third-order valence-corrected chi connectivity index (χ3v) is 2.20. The summed E-state index contributed by atoms with van der Waals surface area (Å²) in [7, 11) is 0. The lowest BCUT2D eigenvalue weighted by molar-refractivity contribution is -0.123. The summed E-state index contributed by atoms with van der Waals surface area (Å²) in [5.74, 6) is 0.591. The number of aromatic nitrogens is 1. The van der Waals surface area contributed by atoms with E-state index in [1.165, 1.54) is 5.57 Å². The number of hydrogen-bond donors (Lipinski definition) is 1. The maximum Gasteiger partial charge on any atom is 0.230 e. The maximum absolute atomic E-state index is 11.9. The van der Waals surface area contributed by atoms with Crippen LogP contribution in [0.2, 0.25) is 0 Å². The second kappa shape index (κ2) is 5.13. The summed E-state index contributed by atoms with van der Waals surface area (Å²) in [6.45, 7) is 9.67. The van der Waals surface area contributed by atoms with Gasteiger partial charge in [-0.3, -0.25) is 4.79 Å². The Hall–Kier alpha value is -1.64. The molecule has 3 nitrogen and oxygen atoms in total. The highest BCUT2D eigenvalue weighted by Gasteiger charge is 2.22. The number of nitrogens with zero attached hydrogens (tertiary/aromatic N) is 1. The molecule has 1 N–H and O–H groups in total. The third-order valence-electron chi connectivity index (χ3n) is 2.20. The van der Waals surface area contributed by atoms with Crippen molar-refractivity contribution < 1.29 is 4.79 Å². The van der Waals surface area contributed by atoms with Crippen molar-refractivity contribution in [3.8, 4) is 0 Å². The summed E-state index contributed by atoms with van der Waals surface area (Å²) >= 11 is 0. The molecular formula is C14H20N2O. The van der Waals surface area contributed by atoms with Gasteiger partial charge in [0, 0.05) is 17.2 Å². The Morgan fingerprint density at radius 3 is 2.53 bits per heavy atom. The van der Waals surface area contributed by atoms with Crippen LogP contribution in [0.25, 0.3) is 6.08 Å². The summed E-state index contributed by atoms with van der Waals surface area (Å²) < 4.78 is 0. The van der Waals surface area contributed by atoms with E-state index in [9.17, 15) is 4.79 Å². The van der Waals surface area contributed by atoms with Gasteiger partial charge in [-0.25, -0.2) is 4.98 Å². The number of carbonyl (C=O) groups excluding carboxylic acids is 1. The lowest BCUT2D eigenvalue weighted by Gasteiger charge is -2.18. The Morgan fingerprint density at radius 1 is 1.35 bits per heavy atom. The predicted octanol–water partition coefficient (Wildman–Crippen LogP) is 3.49. The number of nitrogens with one attached hydrogen (secondary N) is 1. The lowest BCUT2D eigenvalue weighted by Crippen LogP contribution is -2.28. The molecule has 0 saturated heterocycles. The first kappa shape index (κ1) is 13.4. The minimum absolute atomic E-state index is 0.0281. The number of carbonyl (C=O) groups is 1. The molecule has 1 heterocycles. The molecule has 0 aliphatic carbocycles. The van der Waals surface area contributed by atoms with Gasteiger partial charge in [0.15, 0.2) is 0 Å². The Bertz CT molecular complexity index is 438. The zero-order valence-corrected chi connectivity index (χ0v) is 11.2. The van der Waals surface area contributed by atoms with Gasteiger partial charge in [0.25, 0.3) is 0 Å². The highest BCUT2D eigenvalue weighted by atomic mass is 16.2. The minimum Gasteiger partial charge on any atom is -0.310 e. The van der Waals surface area contributed by atoms with Gasteiger partial charge in [-0.15, -0.1) is 0 Å². The zero-order valence-electron chi connectivity index (χ0n) is 11.2. The van der Waals surface area contributed by atoms with Gasteiger partial charge in [-0.2, -0.15) is 0 Å². The average Bonchev–Trinajstić information content (AvgIpc) is 2.18. The van der Waals surface area contributed by atoms with E-state index in [0.717, 1.165) is 5.56 Å². The monoisotopic (exact) mass is 232 g/mol. The van der Waals surface area contributed by atoms with Crippen LogP contribution < -0.4 is 5.32 Å². The highest BCUT2D eigenvalue weighted by molar-refractivity contribution is 5.95. The molecular weight excluding hydrogens is 212 g/mol. The van der Waals surface area contributed by atoms with Gasteiger partial charge in [-0.05, 0) is 26.0 Å². The van der Waals surface area contributed by atoms with Crippen LogP contribution in [0.15, 0.2) is 23.9 Å². The molecule has 92 valence electrons. The van der Waals surface area contributed by atoms with Gasteiger partial charge in [0.05, 0.1) is 0 Å². The minimum atomic E-state index is -0.417. The topological polar surface area (TPSA) is 42.0 Å². The van der Waals surface area contributed by atoms with Crippen molar-refractivity contribution in [3.63, 3.8) is 0 Å². The number of rotatable bonds is 2. The molecule has 0 radical (unpaired) electrons. The van der Waals surface area contributed by atoms with Crippen LogP contribution in [0.3, 0.4) is 0 Å². The molecule has 0 aromatic carbocycles. The van der Waals surface area contributed by atoms with Crippen molar-refractivity contribution >= 4 is 17.8 Å². The van der Waals surface area contributed by atoms with Crippen LogP contribution >= 0.6 is 0 Å². The summed E-state index contributed by atoms with van der Waals surface area (Å²) in [6.07, 6.45) is 3.69. The van der Waals surface area contributed by atoms with Gasteiger partial charge < -0.3 is 5.32 Å². The molecule has 17 heavy (non-hydrogen) atoms. The largest absolute Gasteiger partial charge is 0.310 e. The number of pyridine rings is 1. The van der Waals surface area contributed by atoms with Crippen molar-refractivity contribution in [2.45, 2.75) is 34.6 Å². The Labute approximate surface area is 103 Å². The van der Waals surface area contributed by atoms with Crippen LogP contribution in [0.1, 0.15) is 40.2 Å². The fourth-order valence-corrected chi connectivity index (χ4v) is 1.24. The summed E-state index contributed by atoms with van der Waals surface area (Å²) in [5.41, 5.74) is 1.69. The van der Waals surface area contributed by atoms with E-state index in [1.54, 1.807) is 6.20 Å². The predicted molar refractivity (Wildman–Crippen MR) is 71.6 cm³/mol. The molecule has 0 fully saturated rings. The third kappa shape index (κ3) is 4.02. The summed E-state index contributed by atoms with van der Waals surface area (Å²) in [4.78, 5) is 16.1. The molecule has 0 aliphatic rings. The Kier molecular flexibility index (Phi) is 4.05. The quantitative estimate of drug-likeness (QED) is 0.848. The fraction of sp³-hybridized carbons (Fsp3) is 0.429. The summed E-state index contributed by atoms with van der Waals surface area (Å²) in [6, 6.07) is 3.81. The molecule has 1 amide bonds. The molecule has 0 bridgehead atoms. The number of anilines is 1. The maximum atomic E-state index is 11.9. The van der Waals surface area contributed by atoms with Crippen LogP contribution in [-0.2, 0) is 4.79 Å². The van der Waals surface area contributed by atoms with Gasteiger partial charge in [0.1, 0.15) is 5.82 Å². The smallest absolute Gasteiger partial charge is 0.230 e. The average molecular weight is 232 g/mol. The number of amides is 1. The fourth-order valence-electron chi connectivity index (χ4n) is 1.24. The first-order valence-electron chi connectivity index (χ1n) is 5.72. The molecule has 0 saturated carbocycles. The molecule has 1 aromatic heterocycles. The van der Waals surface area contributed by atoms with E-state index in [1.807, 2.05) is 52.8 Å². The highest BCUT2D eigenvalue weighted by Crippen LogP contribution is 2.20. The zero-order chi connectivity index (χ0) is 13.1. The van der Waals surface area contributed by atoms with E-state index < -0.39 is 5.41 Å². The van der Waals surface area contributed by atoms with E-state index in [4.69, 9.17) is 0 Å². The number of allylic oxidation sites excluding steroid dienone is 1. The van der Waals surface area contributed by atoms with Crippen molar-refractivity contribution in [1.82, 2.24) is 4.98 Å². The van der Waals surface area contributed by atoms with Crippen LogP contribution in [0.5, 0.6) is 0 Å². The Balaban J connectivity index is 3.00. The van der Waals surface area contributed by atoms with Gasteiger partial charge >= 0.3 is 0 Å². The number of hydrogen-bond acceptors (Lipinski definition) is 2. The molecule has 0 spiro atoms. The molecule has 0 unspecified atom stereocenters. The van der Waals surface area contributed by atoms with E-state index in [-0.39, 0.29) is 5.91 Å². The first-order valence-corrected chi connectivity index (χ1v) is 5.72. The molecule has 1 aromatic rings. The lowest BCUT2D eigenvalue weighted by atomic mass is 9.95. The standard InChI is InChI=1S/C14H20N2O/c1-10(2)9-11-7-6-8-15-12(11)16-13(17)14(3,4)5/h6-9H,1-5H3,(H,15,16,17). The van der Waals surface area contributed by atoms with Crippen molar-refractivity contribution in [3.05, 3.63) is 29.5 Å². The van der Waals surface area contributed by atoms with Crippen molar-refractivity contribution in [2.75, 3.05) is 5.32 Å². The van der Waals surface area contributed by atoms with E-state index in [0.29, 0.717) is 5.82 Å². The van der Waals surface area contributed by atoms with Crippen LogP contribution in [-0.4, -0.2) is 10.9 Å². The SMILES string of the molecule is CC(C)=Cc1cccnc1NC(=O)C(C)(C)C. The van der Waals surface area contributed by atoms with Gasteiger partial charge in [0.2, 0.25) is 5.91 Å². The second-order valence-electron chi connectivity index (χ2n) is 5.37. The molecule has 3 heteroatoms.